The number of benzene rings is 4. The Kier molecular flexibility index (Phi) is 11.2. The van der Waals surface area contributed by atoms with Crippen molar-refractivity contribution in [3.05, 3.63) is 83.9 Å². The Morgan fingerprint density at radius 3 is 1.14 bits per heavy atom. The second-order valence-corrected chi connectivity index (χ2v) is 12.3. The number of rotatable bonds is 6. The fourth-order valence-corrected chi connectivity index (χ4v) is 5.75. The normalized spacial score (nSPS) is 11.9. The third kappa shape index (κ3) is 8.23. The molecular weight excluding hydrogens is 537 g/mol. The van der Waals surface area contributed by atoms with Crippen molar-refractivity contribution in [1.29, 1.82) is 0 Å². The van der Waals surface area contributed by atoms with Gasteiger partial charge in [-0.3, -0.25) is 0 Å². The van der Waals surface area contributed by atoms with Gasteiger partial charge in [-0.1, -0.05) is 88.4 Å². The Labute approximate surface area is 249 Å². The third-order valence-corrected chi connectivity index (χ3v) is 7.53. The molecule has 0 radical (unpaired) electrons. The molecule has 4 rings (SSSR count). The monoisotopic (exact) mass is 566 g/mol. The molecule has 0 heterocycles. The van der Waals surface area contributed by atoms with E-state index in [-0.39, 0.29) is 47.5 Å². The molecule has 192 valence electrons. The summed E-state index contributed by atoms with van der Waals surface area (Å²) in [6, 6.07) is 20.6. The van der Waals surface area contributed by atoms with Crippen molar-refractivity contribution in [3.63, 3.8) is 0 Å². The molecule has 0 atom stereocenters. The first-order chi connectivity index (χ1) is 16.8. The Morgan fingerprint density at radius 1 is 0.541 bits per heavy atom. The minimum absolute atomic E-state index is 0. The third-order valence-electron chi connectivity index (χ3n) is 5.74. The summed E-state index contributed by atoms with van der Waals surface area (Å²) < 4.78 is 67.3. The standard InChI is InChI=1S/2C14H16O3S.Ca/c2*1-10(2)9-11-5-3-7-13-12(11)6-4-8-14(13)18(15,16)17;/h2*3-8,10H,9H2,1-2H3,(H,15,16,17);/q;;+2/p-2. The van der Waals surface area contributed by atoms with E-state index in [9.17, 15) is 25.9 Å². The summed E-state index contributed by atoms with van der Waals surface area (Å²) in [5.41, 5.74) is 2.15. The molecule has 0 N–H and O–H groups in total. The fraction of sp³-hybridized carbons (Fsp3) is 0.286. The summed E-state index contributed by atoms with van der Waals surface area (Å²) in [5, 5.41) is 2.74. The fourth-order valence-electron chi connectivity index (χ4n) is 4.36. The number of hydrogen-bond donors (Lipinski definition) is 0. The zero-order valence-corrected chi connectivity index (χ0v) is 25.3. The van der Waals surface area contributed by atoms with Gasteiger partial charge in [0, 0.05) is 0 Å². The van der Waals surface area contributed by atoms with E-state index in [4.69, 9.17) is 0 Å². The van der Waals surface area contributed by atoms with Crippen LogP contribution in [0.25, 0.3) is 21.5 Å². The molecular formula is C28H30CaO6S2. The van der Waals surface area contributed by atoms with Gasteiger partial charge in [0.05, 0.1) is 9.79 Å². The number of hydrogen-bond acceptors (Lipinski definition) is 6. The van der Waals surface area contributed by atoms with Crippen LogP contribution in [0.4, 0.5) is 0 Å². The number of fused-ring (bicyclic) bond motifs is 2. The van der Waals surface area contributed by atoms with Crippen molar-refractivity contribution in [1.82, 2.24) is 0 Å². The first-order valence-corrected chi connectivity index (χ1v) is 14.5. The molecule has 0 amide bonds. The van der Waals surface area contributed by atoms with Crippen molar-refractivity contribution in [2.75, 3.05) is 0 Å². The minimum atomic E-state index is -4.42. The van der Waals surface area contributed by atoms with Gasteiger partial charge >= 0.3 is 37.7 Å². The quantitative estimate of drug-likeness (QED) is 0.225. The summed E-state index contributed by atoms with van der Waals surface area (Å²) >= 11 is 0. The molecule has 0 aliphatic carbocycles. The van der Waals surface area contributed by atoms with Gasteiger partial charge in [0.1, 0.15) is 20.2 Å². The Bertz CT molecular complexity index is 1470. The molecule has 0 fully saturated rings. The zero-order valence-electron chi connectivity index (χ0n) is 21.5. The second kappa shape index (κ2) is 13.0. The van der Waals surface area contributed by atoms with Gasteiger partial charge in [-0.05, 0) is 69.5 Å². The van der Waals surface area contributed by atoms with Gasteiger partial charge in [-0.15, -0.1) is 0 Å². The first kappa shape index (κ1) is 31.7. The van der Waals surface area contributed by atoms with Crippen molar-refractivity contribution in [2.24, 2.45) is 11.8 Å². The smallest absolute Gasteiger partial charge is 0.744 e. The minimum Gasteiger partial charge on any atom is -0.744 e. The van der Waals surface area contributed by atoms with Gasteiger partial charge < -0.3 is 9.11 Å². The van der Waals surface area contributed by atoms with E-state index >= 15 is 0 Å². The van der Waals surface area contributed by atoms with Gasteiger partial charge in [-0.2, -0.15) is 0 Å². The van der Waals surface area contributed by atoms with Crippen LogP contribution in [0.5, 0.6) is 0 Å². The molecule has 4 aromatic carbocycles. The van der Waals surface area contributed by atoms with E-state index in [1.54, 1.807) is 36.4 Å². The van der Waals surface area contributed by atoms with Crippen LogP contribution in [0.1, 0.15) is 38.8 Å². The van der Waals surface area contributed by atoms with E-state index in [0.717, 1.165) is 34.7 Å². The average molecular weight is 567 g/mol. The van der Waals surface area contributed by atoms with Crippen molar-refractivity contribution in [3.8, 4) is 0 Å². The zero-order chi connectivity index (χ0) is 26.7. The maximum atomic E-state index is 11.2. The predicted octanol–water partition coefficient (Wildman–Crippen LogP) is 5.50. The van der Waals surface area contributed by atoms with Gasteiger partial charge in [0.25, 0.3) is 0 Å². The molecule has 0 unspecified atom stereocenters. The van der Waals surface area contributed by atoms with E-state index in [1.165, 1.54) is 12.1 Å². The summed E-state index contributed by atoms with van der Waals surface area (Å²) in [5.74, 6) is 0.950. The molecule has 0 saturated carbocycles. The van der Waals surface area contributed by atoms with Gasteiger partial charge in [-0.25, -0.2) is 16.8 Å². The van der Waals surface area contributed by atoms with Crippen molar-refractivity contribution < 1.29 is 25.9 Å². The Morgan fingerprint density at radius 2 is 0.838 bits per heavy atom. The summed E-state index contributed by atoms with van der Waals surface area (Å²) in [7, 11) is -8.85. The van der Waals surface area contributed by atoms with E-state index in [2.05, 4.69) is 27.7 Å². The van der Waals surface area contributed by atoms with E-state index in [0.29, 0.717) is 22.6 Å². The summed E-state index contributed by atoms with van der Waals surface area (Å²) in [4.78, 5) is -0.267. The molecule has 6 nitrogen and oxygen atoms in total. The van der Waals surface area contributed by atoms with Gasteiger partial charge in [0.15, 0.2) is 0 Å². The molecule has 0 aromatic heterocycles. The largest absolute Gasteiger partial charge is 2.00 e. The van der Waals surface area contributed by atoms with Crippen LogP contribution in [-0.2, 0) is 33.1 Å². The van der Waals surface area contributed by atoms with E-state index < -0.39 is 20.2 Å². The van der Waals surface area contributed by atoms with Crippen LogP contribution < -0.4 is 0 Å². The molecule has 37 heavy (non-hydrogen) atoms. The van der Waals surface area contributed by atoms with Crippen molar-refractivity contribution >= 4 is 79.5 Å². The maximum absolute atomic E-state index is 11.2. The SMILES string of the molecule is CC(C)Cc1cccc2c(S(=O)(=O)[O-])cccc12.CC(C)Cc1cccc2c(S(=O)(=O)[O-])cccc12.[Ca+2]. The van der Waals surface area contributed by atoms with Crippen LogP contribution in [0.2, 0.25) is 0 Å². The summed E-state index contributed by atoms with van der Waals surface area (Å²) in [6.07, 6.45) is 1.72. The van der Waals surface area contributed by atoms with Gasteiger partial charge in [0.2, 0.25) is 0 Å². The average Bonchev–Trinajstić information content (AvgIpc) is 2.77. The second-order valence-electron chi connectivity index (χ2n) is 9.64. The van der Waals surface area contributed by atoms with Crippen LogP contribution >= 0.6 is 0 Å². The summed E-state index contributed by atoms with van der Waals surface area (Å²) in [6.45, 7) is 8.42. The van der Waals surface area contributed by atoms with Crippen molar-refractivity contribution in [2.45, 2.75) is 50.3 Å². The van der Waals surface area contributed by atoms with E-state index in [1.807, 2.05) is 24.3 Å². The maximum Gasteiger partial charge on any atom is 2.00 e. The molecule has 0 aliphatic rings. The molecule has 0 bridgehead atoms. The molecule has 4 aromatic rings. The topological polar surface area (TPSA) is 114 Å². The Balaban J connectivity index is 0.000000253. The molecule has 0 spiro atoms. The molecule has 9 heteroatoms. The molecule has 0 aliphatic heterocycles. The Hall–Kier alpha value is -1.52. The van der Waals surface area contributed by atoms with Crippen LogP contribution in [0.3, 0.4) is 0 Å². The van der Waals surface area contributed by atoms with Crippen LogP contribution in [0.15, 0.2) is 82.6 Å². The van der Waals surface area contributed by atoms with Crippen LogP contribution in [0, 0.1) is 11.8 Å². The first-order valence-electron chi connectivity index (χ1n) is 11.7. The predicted molar refractivity (Wildman–Crippen MR) is 147 cm³/mol. The van der Waals surface area contributed by atoms with Crippen LogP contribution in [-0.4, -0.2) is 63.7 Å². The molecule has 0 saturated heterocycles.